The Balaban J connectivity index is 2.15. The van der Waals surface area contributed by atoms with Gasteiger partial charge in [-0.05, 0) is 20.1 Å². The summed E-state index contributed by atoms with van der Waals surface area (Å²) in [5.74, 6) is -2.95. The topological polar surface area (TPSA) is 67.2 Å². The number of anilines is 2. The monoisotopic (exact) mass is 391 g/mol. The molecule has 7 heteroatoms. The van der Waals surface area contributed by atoms with Crippen molar-refractivity contribution < 1.29 is 25.4 Å². The van der Waals surface area contributed by atoms with E-state index in [1.807, 2.05) is 0 Å². The Hall–Kier alpha value is -3.22. The first-order valence-electron chi connectivity index (χ1n) is 15.6. The lowest BCUT2D eigenvalue weighted by Gasteiger charge is -2.42. The van der Waals surface area contributed by atoms with Gasteiger partial charge in [0.15, 0.2) is 5.82 Å². The van der Waals surface area contributed by atoms with Crippen molar-refractivity contribution in [1.29, 1.82) is 0 Å². The smallest absolute Gasteiger partial charge is 0.249 e. The van der Waals surface area contributed by atoms with Gasteiger partial charge < -0.3 is 9.80 Å². The van der Waals surface area contributed by atoms with E-state index in [4.69, 9.17) is 20.6 Å². The molecule has 144 valence electrons. The number of carbonyl (C=O) groups excluding carboxylic acids is 1. The summed E-state index contributed by atoms with van der Waals surface area (Å²) in [6.07, 6.45) is -0.324. The number of imidazole rings is 1. The number of hydrogen-bond donors (Lipinski definition) is 0. The predicted octanol–water partition coefficient (Wildman–Crippen LogP) is 3.30. The molecule has 28 heavy (non-hydrogen) atoms. The fraction of sp³-hybridized carbons (Fsp3) is 0.333. The number of nitrogens with zero attached hydrogens (tertiary/aromatic N) is 6. The minimum Gasteiger partial charge on any atom is -0.340 e. The van der Waals surface area contributed by atoms with Crippen LogP contribution in [0.5, 0.6) is 0 Å². The van der Waals surface area contributed by atoms with Crippen LogP contribution in [0.15, 0.2) is 48.9 Å². The highest BCUT2D eigenvalue weighted by molar-refractivity contribution is 6.04. The number of benzene rings is 1. The SMILES string of the molecule is [2H]C([2H])([2H])N1C(=O)C(C([2H])([2H])C([2H])([2H])[2H])N(C([2H])(C([2H])([2H])[2H])C([2H])([2H])[2H])c2nc(-n3ccnc3-c3ccccc3)ncc21. The van der Waals surface area contributed by atoms with E-state index in [0.717, 1.165) is 6.20 Å². The van der Waals surface area contributed by atoms with Crippen molar-refractivity contribution >= 4 is 17.4 Å². The molecule has 3 heterocycles. The van der Waals surface area contributed by atoms with Crippen LogP contribution in [0, 0.1) is 0 Å². The summed E-state index contributed by atoms with van der Waals surface area (Å²) in [5.41, 5.74) is -0.251. The van der Waals surface area contributed by atoms with Gasteiger partial charge in [-0.2, -0.15) is 4.98 Å². The van der Waals surface area contributed by atoms with Crippen molar-refractivity contribution in [3.63, 3.8) is 0 Å². The van der Waals surface area contributed by atoms with E-state index in [0.29, 0.717) is 5.56 Å². The molecular weight excluding hydrogens is 352 g/mol. The third-order valence-corrected chi connectivity index (χ3v) is 4.18. The van der Waals surface area contributed by atoms with Crippen LogP contribution < -0.4 is 9.80 Å². The van der Waals surface area contributed by atoms with Crippen molar-refractivity contribution in [1.82, 2.24) is 19.5 Å². The summed E-state index contributed by atoms with van der Waals surface area (Å²) in [5, 5.41) is 0. The Bertz CT molecular complexity index is 1500. The Labute approximate surface area is 185 Å². The third kappa shape index (κ3) is 2.83. The molecule has 2 aromatic heterocycles. The maximum absolute atomic E-state index is 13.8. The zero-order valence-electron chi connectivity index (χ0n) is 29.3. The molecule has 0 radical (unpaired) electrons. The zero-order chi connectivity index (χ0) is 32.6. The lowest BCUT2D eigenvalue weighted by molar-refractivity contribution is -0.120. The molecule has 1 aromatic carbocycles. The summed E-state index contributed by atoms with van der Waals surface area (Å²) in [6, 6.07) is 1.59. The fourth-order valence-corrected chi connectivity index (χ4v) is 2.91. The maximum atomic E-state index is 13.8. The highest BCUT2D eigenvalue weighted by atomic mass is 16.2. The quantitative estimate of drug-likeness (QED) is 0.683. The van der Waals surface area contributed by atoms with Gasteiger partial charge in [-0.3, -0.25) is 9.36 Å². The molecule has 0 saturated heterocycles. The molecule has 7 nitrogen and oxygen atoms in total. The van der Waals surface area contributed by atoms with Gasteiger partial charge in [-0.25, -0.2) is 9.97 Å². The Morgan fingerprint density at radius 1 is 1.29 bits per heavy atom. The summed E-state index contributed by atoms with van der Waals surface area (Å²) >= 11 is 0. The molecule has 1 amide bonds. The maximum Gasteiger partial charge on any atom is 0.249 e. The lowest BCUT2D eigenvalue weighted by atomic mass is 10.1. The van der Waals surface area contributed by atoms with E-state index in [9.17, 15) is 4.79 Å². The van der Waals surface area contributed by atoms with Gasteiger partial charge >= 0.3 is 0 Å². The van der Waals surface area contributed by atoms with Crippen LogP contribution in [0.25, 0.3) is 17.3 Å². The zero-order valence-corrected chi connectivity index (χ0v) is 14.3. The number of likely N-dealkylation sites (N-methyl/N-ethyl adjacent to an activating group) is 1. The van der Waals surface area contributed by atoms with Crippen molar-refractivity contribution in [2.24, 2.45) is 0 Å². The van der Waals surface area contributed by atoms with Crippen LogP contribution in [0.2, 0.25) is 0 Å². The van der Waals surface area contributed by atoms with Gasteiger partial charge in [-0.15, -0.1) is 0 Å². The van der Waals surface area contributed by atoms with Crippen LogP contribution in [0.1, 0.15) is 47.5 Å². The highest BCUT2D eigenvalue weighted by Gasteiger charge is 2.38. The molecule has 1 aliphatic rings. The molecule has 0 saturated carbocycles. The molecule has 1 aliphatic heterocycles. The fourth-order valence-electron chi connectivity index (χ4n) is 2.91. The predicted molar refractivity (Wildman–Crippen MR) is 110 cm³/mol. The van der Waals surface area contributed by atoms with Crippen LogP contribution in [-0.2, 0) is 4.79 Å². The van der Waals surface area contributed by atoms with E-state index >= 15 is 0 Å². The molecule has 0 aliphatic carbocycles. The Kier molecular flexibility index (Phi) is 1.93. The summed E-state index contributed by atoms with van der Waals surface area (Å²) in [4.78, 5) is 26.3. The molecule has 1 atom stereocenters. The average Bonchev–Trinajstić information content (AvgIpc) is 3.35. The molecule has 0 N–H and O–H groups in total. The molecule has 3 aromatic rings. The molecule has 0 bridgehead atoms. The molecule has 1 unspecified atom stereocenters. The number of amides is 1. The second-order valence-corrected chi connectivity index (χ2v) is 5.80. The third-order valence-electron chi connectivity index (χ3n) is 4.18. The second kappa shape index (κ2) is 7.07. The summed E-state index contributed by atoms with van der Waals surface area (Å²) in [6.45, 7) is -14.9. The minimum atomic E-state index is -3.92. The molecule has 0 spiro atoms. The first-order valence-corrected chi connectivity index (χ1v) is 8.06. The number of aromatic nitrogens is 4. The summed E-state index contributed by atoms with van der Waals surface area (Å²) < 4.78 is 122. The van der Waals surface area contributed by atoms with Gasteiger partial charge in [0.1, 0.15) is 17.6 Å². The minimum absolute atomic E-state index is 0.00230. The first-order chi connectivity index (χ1) is 19.5. The van der Waals surface area contributed by atoms with Gasteiger partial charge in [-0.1, -0.05) is 37.2 Å². The van der Waals surface area contributed by atoms with E-state index in [-0.39, 0.29) is 21.6 Å². The standard InChI is InChI=1S/C21H24N6O/c1-5-16-20(28)25(4)17-13-23-21(24-19(17)27(16)14(2)3)26-12-11-22-18(26)15-9-7-6-8-10-15/h6-14,16H,5H2,1-4H3/i1D3,2D3,3D3,4D3,5D2,14D. The molecular formula is C21H24N6O. The van der Waals surface area contributed by atoms with Gasteiger partial charge in [0, 0.05) is 50.1 Å². The van der Waals surface area contributed by atoms with E-state index in [1.165, 1.54) is 17.0 Å². The van der Waals surface area contributed by atoms with E-state index in [2.05, 4.69) is 15.0 Å². The van der Waals surface area contributed by atoms with Crippen LogP contribution in [0.4, 0.5) is 11.5 Å². The Morgan fingerprint density at radius 2 is 2.14 bits per heavy atom. The van der Waals surface area contributed by atoms with E-state index < -0.39 is 63.4 Å². The number of rotatable bonds is 4. The van der Waals surface area contributed by atoms with Crippen LogP contribution >= 0.6 is 0 Å². The molecule has 4 rings (SSSR count). The van der Waals surface area contributed by atoms with Crippen molar-refractivity contribution in [2.75, 3.05) is 16.8 Å². The van der Waals surface area contributed by atoms with Crippen LogP contribution in [0.3, 0.4) is 0 Å². The highest BCUT2D eigenvalue weighted by Crippen LogP contribution is 2.36. The lowest BCUT2D eigenvalue weighted by Crippen LogP contribution is -2.55. The van der Waals surface area contributed by atoms with Crippen molar-refractivity contribution in [3.05, 3.63) is 48.9 Å². The van der Waals surface area contributed by atoms with Gasteiger partial charge in [0.2, 0.25) is 11.9 Å². The van der Waals surface area contributed by atoms with Crippen LogP contribution in [-0.4, -0.2) is 44.5 Å². The van der Waals surface area contributed by atoms with E-state index in [1.54, 1.807) is 30.3 Å². The largest absolute Gasteiger partial charge is 0.340 e. The summed E-state index contributed by atoms with van der Waals surface area (Å²) in [7, 11) is 0. The van der Waals surface area contributed by atoms with Crippen molar-refractivity contribution in [2.45, 2.75) is 39.0 Å². The van der Waals surface area contributed by atoms with Gasteiger partial charge in [0.25, 0.3) is 0 Å². The van der Waals surface area contributed by atoms with Gasteiger partial charge in [0.05, 0.1) is 7.57 Å². The Morgan fingerprint density at radius 3 is 2.89 bits per heavy atom. The average molecular weight is 392 g/mol. The normalized spacial score (nSPS) is 27.2. The molecule has 0 fully saturated rings. The number of carbonyl (C=O) groups is 1. The number of fused-ring (bicyclic) bond motifs is 1. The second-order valence-electron chi connectivity index (χ2n) is 5.80. The number of hydrogen-bond acceptors (Lipinski definition) is 5. The first kappa shape index (κ1) is 7.66. The van der Waals surface area contributed by atoms with Crippen molar-refractivity contribution in [3.8, 4) is 17.3 Å².